The van der Waals surface area contributed by atoms with Crippen molar-refractivity contribution >= 4 is 19.8 Å². The monoisotopic (exact) mass is 552 g/mol. The maximum atomic E-state index is 12.3. The number of phosphoric acid groups is 1. The molecule has 0 heterocycles. The Morgan fingerprint density at radius 2 is 1.35 bits per heavy atom. The van der Waals surface area contributed by atoms with Crippen LogP contribution in [0.15, 0.2) is 12.2 Å². The molecule has 0 saturated heterocycles. The van der Waals surface area contributed by atoms with Crippen molar-refractivity contribution in [3.8, 4) is 0 Å². The van der Waals surface area contributed by atoms with Crippen molar-refractivity contribution < 1.29 is 47.8 Å². The molecule has 0 saturated carbocycles. The predicted molar refractivity (Wildman–Crippen MR) is 141 cm³/mol. The zero-order valence-corrected chi connectivity index (χ0v) is 23.6. The maximum Gasteiger partial charge on any atom is 0.472 e. The predicted octanol–water partition coefficient (Wildman–Crippen LogP) is 4.99. The Morgan fingerprint density at radius 1 is 0.784 bits per heavy atom. The molecule has 3 N–H and O–H groups in total. The van der Waals surface area contributed by atoms with Crippen molar-refractivity contribution in [2.24, 2.45) is 0 Å². The molecular formula is C26H49O10P. The zero-order valence-electron chi connectivity index (χ0n) is 22.7. The molecule has 0 fully saturated rings. The second-order valence-electron chi connectivity index (χ2n) is 9.07. The van der Waals surface area contributed by atoms with Crippen molar-refractivity contribution in [2.75, 3.05) is 26.4 Å². The second-order valence-corrected chi connectivity index (χ2v) is 10.5. The fraction of sp³-hybridized carbons (Fsp3) is 0.846. The van der Waals surface area contributed by atoms with Crippen molar-refractivity contribution in [3.63, 3.8) is 0 Å². The van der Waals surface area contributed by atoms with Gasteiger partial charge in [-0.3, -0.25) is 18.6 Å². The second kappa shape index (κ2) is 23.8. The fourth-order valence-corrected chi connectivity index (χ4v) is 3.99. The van der Waals surface area contributed by atoms with Crippen LogP contribution in [0.1, 0.15) is 104 Å². The summed E-state index contributed by atoms with van der Waals surface area (Å²) in [7, 11) is -4.58. The quantitative estimate of drug-likeness (QED) is 0.0612. The highest BCUT2D eigenvalue weighted by Crippen LogP contribution is 2.43. The van der Waals surface area contributed by atoms with Gasteiger partial charge in [-0.25, -0.2) is 4.57 Å². The molecule has 0 aliphatic rings. The Kier molecular flexibility index (Phi) is 23.0. The molecule has 0 aliphatic carbocycles. The summed E-state index contributed by atoms with van der Waals surface area (Å²) in [5.74, 6) is -0.981. The summed E-state index contributed by atoms with van der Waals surface area (Å²) in [6, 6.07) is 0. The van der Waals surface area contributed by atoms with Gasteiger partial charge in [0.1, 0.15) is 12.7 Å². The van der Waals surface area contributed by atoms with Crippen LogP contribution >= 0.6 is 7.82 Å². The Balaban J connectivity index is 4.36. The number of ether oxygens (including phenoxy) is 2. The average molecular weight is 553 g/mol. The number of carbonyl (C=O) groups excluding carboxylic acids is 2. The summed E-state index contributed by atoms with van der Waals surface area (Å²) in [4.78, 5) is 33.8. The van der Waals surface area contributed by atoms with Gasteiger partial charge in [-0.05, 0) is 38.5 Å². The molecule has 0 aromatic heterocycles. The van der Waals surface area contributed by atoms with Crippen molar-refractivity contribution in [2.45, 2.75) is 116 Å². The lowest BCUT2D eigenvalue weighted by atomic mass is 10.1. The summed E-state index contributed by atoms with van der Waals surface area (Å²) in [6.45, 7) is 2.01. The SMILES string of the molecule is CCCCC/C=C\CCCCCCCC(=O)OC(COC(=O)CCCC)COP(=O)(O)OCC(O)CO. The van der Waals surface area contributed by atoms with Gasteiger partial charge in [0.15, 0.2) is 6.10 Å². The highest BCUT2D eigenvalue weighted by Gasteiger charge is 2.27. The van der Waals surface area contributed by atoms with E-state index in [2.05, 4.69) is 23.6 Å². The van der Waals surface area contributed by atoms with E-state index >= 15 is 0 Å². The molecule has 11 heteroatoms. The maximum absolute atomic E-state index is 12.3. The number of aliphatic hydroxyl groups is 2. The van der Waals surface area contributed by atoms with Gasteiger partial charge >= 0.3 is 19.8 Å². The molecular weight excluding hydrogens is 503 g/mol. The Morgan fingerprint density at radius 3 is 2.00 bits per heavy atom. The lowest BCUT2D eigenvalue weighted by Crippen LogP contribution is -2.29. The first-order chi connectivity index (χ1) is 17.7. The normalized spacial score (nSPS) is 14.8. The minimum Gasteiger partial charge on any atom is -0.462 e. The van der Waals surface area contributed by atoms with Gasteiger partial charge < -0.3 is 24.6 Å². The highest BCUT2D eigenvalue weighted by molar-refractivity contribution is 7.47. The van der Waals surface area contributed by atoms with Gasteiger partial charge in [-0.15, -0.1) is 0 Å². The van der Waals surface area contributed by atoms with Crippen LogP contribution in [0.2, 0.25) is 0 Å². The van der Waals surface area contributed by atoms with Crippen LogP contribution in [0.25, 0.3) is 0 Å². The third kappa shape index (κ3) is 23.6. The van der Waals surface area contributed by atoms with Crippen LogP contribution in [0, 0.1) is 0 Å². The van der Waals surface area contributed by atoms with Gasteiger partial charge in [0.25, 0.3) is 0 Å². The fourth-order valence-electron chi connectivity index (χ4n) is 3.20. The van der Waals surface area contributed by atoms with Crippen LogP contribution in [0.4, 0.5) is 0 Å². The van der Waals surface area contributed by atoms with E-state index in [0.717, 1.165) is 44.9 Å². The first kappa shape index (κ1) is 35.7. The summed E-state index contributed by atoms with van der Waals surface area (Å²) in [5.41, 5.74) is 0. The molecule has 10 nitrogen and oxygen atoms in total. The standard InChI is InChI=1S/C26H49O10P/c1-3-5-7-8-9-10-11-12-13-14-15-16-18-26(30)36-24(21-33-25(29)17-6-4-2)22-35-37(31,32)34-20-23(28)19-27/h9-10,23-24,27-28H,3-8,11-22H2,1-2H3,(H,31,32)/b10-9-. The van der Waals surface area contributed by atoms with Crippen molar-refractivity contribution in [1.29, 1.82) is 0 Å². The van der Waals surface area contributed by atoms with Crippen LogP contribution in [0.5, 0.6) is 0 Å². The molecule has 3 unspecified atom stereocenters. The Bertz CT molecular complexity index is 655. The highest BCUT2D eigenvalue weighted by atomic mass is 31.2. The number of rotatable bonds is 25. The molecule has 0 radical (unpaired) electrons. The molecule has 3 atom stereocenters. The van der Waals surface area contributed by atoms with E-state index < -0.39 is 51.8 Å². The van der Waals surface area contributed by atoms with Crippen molar-refractivity contribution in [3.05, 3.63) is 12.2 Å². The smallest absolute Gasteiger partial charge is 0.462 e. The van der Waals surface area contributed by atoms with E-state index in [1.54, 1.807) is 0 Å². The number of aliphatic hydroxyl groups excluding tert-OH is 2. The number of esters is 2. The summed E-state index contributed by atoms with van der Waals surface area (Å²) in [5, 5.41) is 18.0. The molecule has 0 aromatic rings. The number of phosphoric ester groups is 1. The average Bonchev–Trinajstić information content (AvgIpc) is 2.88. The van der Waals surface area contributed by atoms with Gasteiger partial charge in [0, 0.05) is 12.8 Å². The van der Waals surface area contributed by atoms with Gasteiger partial charge in [-0.1, -0.05) is 64.5 Å². The minimum absolute atomic E-state index is 0.174. The first-order valence-corrected chi connectivity index (χ1v) is 15.1. The minimum atomic E-state index is -4.58. The Labute approximate surface area is 222 Å². The van der Waals surface area contributed by atoms with E-state index in [1.165, 1.54) is 19.3 Å². The third-order valence-corrected chi connectivity index (χ3v) is 6.37. The van der Waals surface area contributed by atoms with Gasteiger partial charge in [-0.2, -0.15) is 0 Å². The molecule has 0 spiro atoms. The van der Waals surface area contributed by atoms with E-state index in [-0.39, 0.29) is 19.4 Å². The zero-order chi connectivity index (χ0) is 27.8. The van der Waals surface area contributed by atoms with E-state index in [4.69, 9.17) is 19.1 Å². The first-order valence-electron chi connectivity index (χ1n) is 13.6. The number of hydrogen-bond donors (Lipinski definition) is 3. The summed E-state index contributed by atoms with van der Waals surface area (Å²) in [6.07, 6.45) is 14.7. The van der Waals surface area contributed by atoms with Crippen LogP contribution in [-0.4, -0.2) is 65.7 Å². The topological polar surface area (TPSA) is 149 Å². The van der Waals surface area contributed by atoms with Crippen LogP contribution in [-0.2, 0) is 32.7 Å². The number of unbranched alkanes of at least 4 members (excludes halogenated alkanes) is 9. The number of carbonyl (C=O) groups is 2. The number of hydrogen-bond acceptors (Lipinski definition) is 9. The lowest BCUT2D eigenvalue weighted by molar-refractivity contribution is -0.161. The molecule has 0 amide bonds. The van der Waals surface area contributed by atoms with Crippen LogP contribution < -0.4 is 0 Å². The molecule has 0 aliphatic heterocycles. The molecule has 218 valence electrons. The summed E-state index contributed by atoms with van der Waals surface area (Å²) >= 11 is 0. The third-order valence-electron chi connectivity index (χ3n) is 5.42. The number of allylic oxidation sites excluding steroid dienone is 2. The largest absolute Gasteiger partial charge is 0.472 e. The van der Waals surface area contributed by atoms with Gasteiger partial charge in [0.2, 0.25) is 0 Å². The summed E-state index contributed by atoms with van der Waals surface area (Å²) < 4.78 is 31.8. The molecule has 0 rings (SSSR count). The molecule has 0 aromatic carbocycles. The van der Waals surface area contributed by atoms with E-state index in [0.29, 0.717) is 12.8 Å². The Hall–Kier alpha value is -1.29. The molecule has 37 heavy (non-hydrogen) atoms. The van der Waals surface area contributed by atoms with E-state index in [1.807, 2.05) is 6.92 Å². The van der Waals surface area contributed by atoms with Crippen LogP contribution in [0.3, 0.4) is 0 Å². The van der Waals surface area contributed by atoms with Crippen molar-refractivity contribution in [1.82, 2.24) is 0 Å². The molecule has 0 bridgehead atoms. The van der Waals surface area contributed by atoms with Gasteiger partial charge in [0.05, 0.1) is 19.8 Å². The lowest BCUT2D eigenvalue weighted by Gasteiger charge is -2.20. The van der Waals surface area contributed by atoms with E-state index in [9.17, 15) is 24.2 Å².